The summed E-state index contributed by atoms with van der Waals surface area (Å²) in [5.41, 5.74) is 0. The quantitative estimate of drug-likeness (QED) is 0.679. The zero-order chi connectivity index (χ0) is 11.5. The number of carboxylic acid groups (broad SMARTS) is 1. The van der Waals surface area contributed by atoms with Crippen molar-refractivity contribution in [2.45, 2.75) is 38.3 Å². The van der Waals surface area contributed by atoms with Crippen molar-refractivity contribution < 1.29 is 9.90 Å². The lowest BCUT2D eigenvalue weighted by Crippen LogP contribution is -2.44. The molecule has 2 heterocycles. The molecule has 2 aliphatic rings. The van der Waals surface area contributed by atoms with E-state index in [4.69, 9.17) is 5.11 Å². The maximum atomic E-state index is 11.1. The lowest BCUT2D eigenvalue weighted by Gasteiger charge is -2.28. The maximum absolute atomic E-state index is 11.1. The van der Waals surface area contributed by atoms with Crippen LogP contribution in [0.1, 0.15) is 26.2 Å². The molecule has 16 heavy (non-hydrogen) atoms. The van der Waals surface area contributed by atoms with Crippen molar-refractivity contribution in [2.75, 3.05) is 19.6 Å². The zero-order valence-corrected chi connectivity index (χ0v) is 9.65. The Morgan fingerprint density at radius 1 is 1.31 bits per heavy atom. The van der Waals surface area contributed by atoms with Crippen molar-refractivity contribution in [3.05, 3.63) is 0 Å². The summed E-state index contributed by atoms with van der Waals surface area (Å²) < 4.78 is 0. The number of amides is 1. The van der Waals surface area contributed by atoms with E-state index in [0.717, 1.165) is 19.5 Å². The van der Waals surface area contributed by atoms with Crippen LogP contribution in [-0.2, 0) is 0 Å². The van der Waals surface area contributed by atoms with Gasteiger partial charge < -0.3 is 5.11 Å². The molecule has 2 aliphatic heterocycles. The third kappa shape index (κ3) is 2.00. The highest BCUT2D eigenvalue weighted by Crippen LogP contribution is 2.25. The first-order valence-corrected chi connectivity index (χ1v) is 5.90. The van der Waals surface area contributed by atoms with Gasteiger partial charge in [0.15, 0.2) is 0 Å². The minimum absolute atomic E-state index is 0.124. The molecule has 0 saturated carbocycles. The van der Waals surface area contributed by atoms with Gasteiger partial charge in [0.2, 0.25) is 0 Å². The van der Waals surface area contributed by atoms with Gasteiger partial charge >= 0.3 is 6.09 Å². The van der Waals surface area contributed by atoms with E-state index in [1.54, 1.807) is 6.92 Å². The highest BCUT2D eigenvalue weighted by Gasteiger charge is 2.39. The Morgan fingerprint density at radius 2 is 2.00 bits per heavy atom. The van der Waals surface area contributed by atoms with E-state index in [0.29, 0.717) is 12.6 Å². The van der Waals surface area contributed by atoms with Crippen molar-refractivity contribution in [2.24, 2.45) is 0 Å². The van der Waals surface area contributed by atoms with Crippen molar-refractivity contribution in [3.63, 3.8) is 0 Å². The maximum Gasteiger partial charge on any atom is 0.408 e. The summed E-state index contributed by atoms with van der Waals surface area (Å²) >= 11 is 0. The van der Waals surface area contributed by atoms with Gasteiger partial charge in [-0.2, -0.15) is 0 Å². The predicted molar refractivity (Wildman–Crippen MR) is 61.2 cm³/mol. The van der Waals surface area contributed by atoms with Gasteiger partial charge in [0.1, 0.15) is 6.04 Å². The summed E-state index contributed by atoms with van der Waals surface area (Å²) in [6, 6.07) is 0.187. The second-order valence-electron chi connectivity index (χ2n) is 4.41. The fraction of sp³-hybridized carbons (Fsp3) is 0.750. The Labute approximate surface area is 96.2 Å². The van der Waals surface area contributed by atoms with E-state index < -0.39 is 6.09 Å². The van der Waals surface area contributed by atoms with Crippen LogP contribution < -0.4 is 0 Å². The zero-order valence-electron chi connectivity index (χ0n) is 9.65. The number of rotatable bonds is 1. The Balaban J connectivity index is 2.12. The Kier molecular flexibility index (Phi) is 3.35. The van der Waals surface area contributed by atoms with Crippen molar-refractivity contribution >= 4 is 6.09 Å². The third-order valence-electron chi connectivity index (χ3n) is 3.51. The SMILES string of the molecule is CC#CC1C(N2CCCC2)CCN1C(=O)O. The summed E-state index contributed by atoms with van der Waals surface area (Å²) in [4.78, 5) is 15.0. The molecular formula is C12H18N2O2. The summed E-state index contributed by atoms with van der Waals surface area (Å²) in [6.07, 6.45) is 2.55. The number of carbonyl (C=O) groups is 1. The lowest BCUT2D eigenvalue weighted by molar-refractivity contribution is 0.137. The first-order chi connectivity index (χ1) is 7.74. The molecule has 0 radical (unpaired) electrons. The highest BCUT2D eigenvalue weighted by atomic mass is 16.4. The smallest absolute Gasteiger partial charge is 0.408 e. The molecule has 2 unspecified atom stereocenters. The molecule has 1 N–H and O–H groups in total. The second-order valence-corrected chi connectivity index (χ2v) is 4.41. The summed E-state index contributed by atoms with van der Waals surface area (Å²) in [6.45, 7) is 4.59. The van der Waals surface area contributed by atoms with Crippen molar-refractivity contribution in [1.82, 2.24) is 9.80 Å². The van der Waals surface area contributed by atoms with E-state index in [1.807, 2.05) is 0 Å². The summed E-state index contributed by atoms with van der Waals surface area (Å²) in [5.74, 6) is 5.92. The van der Waals surface area contributed by atoms with E-state index >= 15 is 0 Å². The molecule has 0 spiro atoms. The van der Waals surface area contributed by atoms with E-state index in [1.165, 1.54) is 17.7 Å². The minimum Gasteiger partial charge on any atom is -0.465 e. The molecule has 1 amide bonds. The van der Waals surface area contributed by atoms with Gasteiger partial charge in [0, 0.05) is 12.6 Å². The standard InChI is InChI=1S/C12H18N2O2/c1-2-5-11-10(13-7-3-4-8-13)6-9-14(11)12(15)16/h10-11H,3-4,6-9H2,1H3,(H,15,16). The molecule has 0 aliphatic carbocycles. The molecule has 2 atom stereocenters. The van der Waals surface area contributed by atoms with E-state index in [-0.39, 0.29) is 6.04 Å². The van der Waals surface area contributed by atoms with Gasteiger partial charge in [-0.1, -0.05) is 5.92 Å². The van der Waals surface area contributed by atoms with Crippen molar-refractivity contribution in [3.8, 4) is 11.8 Å². The van der Waals surface area contributed by atoms with E-state index in [2.05, 4.69) is 16.7 Å². The average Bonchev–Trinajstić information content (AvgIpc) is 2.84. The fourth-order valence-electron chi connectivity index (χ4n) is 2.77. The van der Waals surface area contributed by atoms with Crippen molar-refractivity contribution in [1.29, 1.82) is 0 Å². The van der Waals surface area contributed by atoms with Crippen LogP contribution in [0.25, 0.3) is 0 Å². The largest absolute Gasteiger partial charge is 0.465 e. The average molecular weight is 222 g/mol. The molecule has 0 bridgehead atoms. The van der Waals surface area contributed by atoms with Gasteiger partial charge in [-0.25, -0.2) is 4.79 Å². The second kappa shape index (κ2) is 4.75. The summed E-state index contributed by atoms with van der Waals surface area (Å²) in [7, 11) is 0. The Morgan fingerprint density at radius 3 is 2.56 bits per heavy atom. The molecule has 2 saturated heterocycles. The van der Waals surface area contributed by atoms with E-state index in [9.17, 15) is 4.79 Å². The van der Waals surface area contributed by atoms with Gasteiger partial charge in [-0.15, -0.1) is 5.92 Å². The van der Waals surface area contributed by atoms with Crippen LogP contribution in [0.15, 0.2) is 0 Å². The van der Waals surface area contributed by atoms with Crippen LogP contribution in [0.4, 0.5) is 4.79 Å². The molecule has 4 heteroatoms. The Hall–Kier alpha value is -1.21. The number of nitrogens with zero attached hydrogens (tertiary/aromatic N) is 2. The van der Waals surface area contributed by atoms with Crippen LogP contribution in [0.5, 0.6) is 0 Å². The minimum atomic E-state index is -0.838. The summed E-state index contributed by atoms with van der Waals surface area (Å²) in [5, 5.41) is 9.11. The number of hydrogen-bond acceptors (Lipinski definition) is 2. The van der Waals surface area contributed by atoms with Gasteiger partial charge in [0.05, 0.1) is 0 Å². The normalized spacial score (nSPS) is 30.2. The lowest BCUT2D eigenvalue weighted by atomic mass is 10.1. The predicted octanol–water partition coefficient (Wildman–Crippen LogP) is 1.23. The van der Waals surface area contributed by atoms with Crippen LogP contribution in [0, 0.1) is 11.8 Å². The molecule has 4 nitrogen and oxygen atoms in total. The highest BCUT2D eigenvalue weighted by molar-refractivity contribution is 5.66. The van der Waals surface area contributed by atoms with Crippen LogP contribution >= 0.6 is 0 Å². The topological polar surface area (TPSA) is 43.8 Å². The molecule has 2 rings (SSSR count). The fourth-order valence-corrected chi connectivity index (χ4v) is 2.77. The third-order valence-corrected chi connectivity index (χ3v) is 3.51. The first kappa shape index (κ1) is 11.3. The van der Waals surface area contributed by atoms with Crippen LogP contribution in [0.3, 0.4) is 0 Å². The molecule has 88 valence electrons. The first-order valence-electron chi connectivity index (χ1n) is 5.90. The van der Waals surface area contributed by atoms with Crippen LogP contribution in [-0.4, -0.2) is 52.7 Å². The number of hydrogen-bond donors (Lipinski definition) is 1. The molecule has 0 aromatic heterocycles. The van der Waals surface area contributed by atoms with Gasteiger partial charge in [-0.3, -0.25) is 9.80 Å². The molecular weight excluding hydrogens is 204 g/mol. The van der Waals surface area contributed by atoms with Gasteiger partial charge in [0.25, 0.3) is 0 Å². The Bertz CT molecular complexity index is 326. The molecule has 2 fully saturated rings. The monoisotopic (exact) mass is 222 g/mol. The molecule has 0 aromatic rings. The van der Waals surface area contributed by atoms with Crippen LogP contribution in [0.2, 0.25) is 0 Å². The van der Waals surface area contributed by atoms with Gasteiger partial charge in [-0.05, 0) is 39.3 Å². The number of likely N-dealkylation sites (tertiary alicyclic amines) is 2. The molecule has 0 aromatic carbocycles.